The van der Waals surface area contributed by atoms with Gasteiger partial charge < -0.3 is 5.32 Å². The van der Waals surface area contributed by atoms with Gasteiger partial charge in [-0.25, -0.2) is 0 Å². The van der Waals surface area contributed by atoms with Gasteiger partial charge in [0.15, 0.2) is 5.82 Å². The molecule has 5 nitrogen and oxygen atoms in total. The first-order valence-corrected chi connectivity index (χ1v) is 3.43. The number of hydrogen-bond acceptors (Lipinski definition) is 4. The van der Waals surface area contributed by atoms with E-state index in [1.807, 2.05) is 0 Å². The standard InChI is InChI=1S/C5H9N5.Na/c1-2-4(6-3-1)5-7-9-10-8-5;/h4,6H,1-3H2,(H,7,8,9,10);/t4-;/m1./s1. The molecule has 55 valence electrons. The van der Waals surface area contributed by atoms with E-state index < -0.39 is 0 Å². The number of rotatable bonds is 1. The molecule has 1 aromatic heterocycles. The van der Waals surface area contributed by atoms with Crippen LogP contribution in [0.1, 0.15) is 24.7 Å². The second kappa shape index (κ2) is 4.15. The molecule has 0 saturated carbocycles. The van der Waals surface area contributed by atoms with E-state index in [1.54, 1.807) is 0 Å². The first-order chi connectivity index (χ1) is 4.97. The maximum absolute atomic E-state index is 3.89. The van der Waals surface area contributed by atoms with Gasteiger partial charge in [-0.3, -0.25) is 0 Å². The Morgan fingerprint density at radius 3 is 2.91 bits per heavy atom. The Labute approximate surface area is 86.6 Å². The average molecular weight is 162 g/mol. The molecule has 0 aliphatic carbocycles. The molecule has 0 aromatic carbocycles. The number of aromatic amines is 1. The van der Waals surface area contributed by atoms with Gasteiger partial charge in [-0.05, 0) is 19.4 Å². The molecule has 0 bridgehead atoms. The van der Waals surface area contributed by atoms with Crippen LogP contribution in [0.2, 0.25) is 0 Å². The van der Waals surface area contributed by atoms with Crippen molar-refractivity contribution in [1.29, 1.82) is 0 Å². The topological polar surface area (TPSA) is 66.5 Å². The summed E-state index contributed by atoms with van der Waals surface area (Å²) >= 11 is 0. The molecule has 0 unspecified atom stereocenters. The van der Waals surface area contributed by atoms with E-state index in [2.05, 4.69) is 25.9 Å². The third-order valence-corrected chi connectivity index (χ3v) is 1.73. The minimum absolute atomic E-state index is 0. The van der Waals surface area contributed by atoms with Gasteiger partial charge in [-0.15, -0.1) is 10.2 Å². The third kappa shape index (κ3) is 1.99. The van der Waals surface area contributed by atoms with Gasteiger partial charge >= 0.3 is 0 Å². The van der Waals surface area contributed by atoms with Crippen molar-refractivity contribution in [2.75, 3.05) is 6.54 Å². The normalized spacial score (nSPS) is 23.1. The Balaban J connectivity index is 0.000000605. The monoisotopic (exact) mass is 162 g/mol. The van der Waals surface area contributed by atoms with E-state index in [9.17, 15) is 0 Å². The number of hydrogen-bond donors (Lipinski definition) is 2. The summed E-state index contributed by atoms with van der Waals surface area (Å²) in [6.45, 7) is 1.07. The largest absolute Gasteiger partial charge is 0.307 e. The molecule has 2 rings (SSSR count). The van der Waals surface area contributed by atoms with Crippen LogP contribution in [-0.4, -0.2) is 56.7 Å². The Hall–Kier alpha value is 0.0300. The summed E-state index contributed by atoms with van der Waals surface area (Å²) in [5.74, 6) is 0.789. The molecule has 0 spiro atoms. The van der Waals surface area contributed by atoms with Crippen molar-refractivity contribution in [2.45, 2.75) is 18.9 Å². The summed E-state index contributed by atoms with van der Waals surface area (Å²) in [7, 11) is 0. The first-order valence-electron chi connectivity index (χ1n) is 3.43. The summed E-state index contributed by atoms with van der Waals surface area (Å²) in [5.41, 5.74) is 0. The summed E-state index contributed by atoms with van der Waals surface area (Å²) in [6.07, 6.45) is 2.33. The molecular weight excluding hydrogens is 153 g/mol. The Bertz CT molecular complexity index is 193. The predicted molar refractivity (Wildman–Crippen MR) is 39.9 cm³/mol. The van der Waals surface area contributed by atoms with Crippen molar-refractivity contribution in [3.63, 3.8) is 0 Å². The van der Waals surface area contributed by atoms with Gasteiger partial charge in [0.05, 0.1) is 6.04 Å². The first kappa shape index (κ1) is 9.12. The number of aromatic nitrogens is 4. The van der Waals surface area contributed by atoms with Crippen molar-refractivity contribution in [2.24, 2.45) is 0 Å². The average Bonchev–Trinajstić information content (AvgIpc) is 2.59. The third-order valence-electron chi connectivity index (χ3n) is 1.73. The number of nitrogens with zero attached hydrogens (tertiary/aromatic N) is 3. The maximum atomic E-state index is 3.89. The molecule has 1 atom stereocenters. The van der Waals surface area contributed by atoms with E-state index in [-0.39, 0.29) is 29.6 Å². The molecule has 2 heterocycles. The SMILES string of the molecule is C1CN[C@@H](c2nn[nH]n2)C1.[Na]. The van der Waals surface area contributed by atoms with Crippen LogP contribution in [0.3, 0.4) is 0 Å². The van der Waals surface area contributed by atoms with Gasteiger partial charge in [0.2, 0.25) is 0 Å². The molecule has 0 amide bonds. The van der Waals surface area contributed by atoms with E-state index in [1.165, 1.54) is 6.42 Å². The van der Waals surface area contributed by atoms with E-state index in [0.717, 1.165) is 18.8 Å². The molecular formula is C5H9N5Na. The zero-order valence-electron chi connectivity index (χ0n) is 6.54. The Kier molecular flexibility index (Phi) is 3.45. The molecule has 6 heteroatoms. The molecule has 1 radical (unpaired) electrons. The summed E-state index contributed by atoms with van der Waals surface area (Å²) < 4.78 is 0. The van der Waals surface area contributed by atoms with Crippen LogP contribution in [0, 0.1) is 0 Å². The number of nitrogens with one attached hydrogen (secondary N) is 2. The van der Waals surface area contributed by atoms with Crippen LogP contribution in [-0.2, 0) is 0 Å². The fourth-order valence-electron chi connectivity index (χ4n) is 1.22. The van der Waals surface area contributed by atoms with Crippen LogP contribution >= 0.6 is 0 Å². The smallest absolute Gasteiger partial charge is 0.191 e. The number of H-pyrrole nitrogens is 1. The zero-order valence-corrected chi connectivity index (χ0v) is 8.54. The van der Waals surface area contributed by atoms with Gasteiger partial charge in [0.1, 0.15) is 0 Å². The molecule has 1 aromatic rings. The second-order valence-electron chi connectivity index (χ2n) is 2.42. The second-order valence-corrected chi connectivity index (χ2v) is 2.42. The Morgan fingerprint density at radius 1 is 1.45 bits per heavy atom. The van der Waals surface area contributed by atoms with Crippen LogP contribution < -0.4 is 5.32 Å². The van der Waals surface area contributed by atoms with E-state index >= 15 is 0 Å². The molecule has 1 aliphatic rings. The fourth-order valence-corrected chi connectivity index (χ4v) is 1.22. The minimum Gasteiger partial charge on any atom is -0.307 e. The summed E-state index contributed by atoms with van der Waals surface area (Å²) in [5, 5.41) is 17.0. The minimum atomic E-state index is 0. The predicted octanol–water partition coefficient (Wildman–Crippen LogP) is -0.757. The van der Waals surface area contributed by atoms with Crippen molar-refractivity contribution < 1.29 is 0 Å². The quantitative estimate of drug-likeness (QED) is 0.533. The molecule has 11 heavy (non-hydrogen) atoms. The van der Waals surface area contributed by atoms with Crippen LogP contribution in [0.5, 0.6) is 0 Å². The molecule has 1 aliphatic heterocycles. The van der Waals surface area contributed by atoms with Crippen molar-refractivity contribution in [3.05, 3.63) is 5.82 Å². The number of tetrazole rings is 1. The van der Waals surface area contributed by atoms with Gasteiger partial charge in [-0.1, -0.05) is 5.21 Å². The van der Waals surface area contributed by atoms with E-state index in [4.69, 9.17) is 0 Å². The van der Waals surface area contributed by atoms with Crippen molar-refractivity contribution in [3.8, 4) is 0 Å². The van der Waals surface area contributed by atoms with E-state index in [0.29, 0.717) is 6.04 Å². The van der Waals surface area contributed by atoms with Crippen molar-refractivity contribution in [1.82, 2.24) is 25.9 Å². The van der Waals surface area contributed by atoms with Crippen molar-refractivity contribution >= 4 is 29.6 Å². The summed E-state index contributed by atoms with van der Waals surface area (Å²) in [6, 6.07) is 0.332. The fraction of sp³-hybridized carbons (Fsp3) is 0.800. The molecule has 2 N–H and O–H groups in total. The summed E-state index contributed by atoms with van der Waals surface area (Å²) in [4.78, 5) is 0. The van der Waals surface area contributed by atoms with Gasteiger partial charge in [0, 0.05) is 29.6 Å². The maximum Gasteiger partial charge on any atom is 0.191 e. The molecule has 1 saturated heterocycles. The van der Waals surface area contributed by atoms with Crippen LogP contribution in [0.25, 0.3) is 0 Å². The Morgan fingerprint density at radius 2 is 2.36 bits per heavy atom. The van der Waals surface area contributed by atoms with Gasteiger partial charge in [-0.2, -0.15) is 5.21 Å². The molecule has 1 fully saturated rings. The van der Waals surface area contributed by atoms with Gasteiger partial charge in [0.25, 0.3) is 0 Å². The zero-order chi connectivity index (χ0) is 6.81. The van der Waals surface area contributed by atoms with Crippen LogP contribution in [0.15, 0.2) is 0 Å². The van der Waals surface area contributed by atoms with Crippen LogP contribution in [0.4, 0.5) is 0 Å².